The number of carbonyl (C=O) groups is 1. The summed E-state index contributed by atoms with van der Waals surface area (Å²) in [7, 11) is 1.56. The molecule has 6 heteroatoms. The summed E-state index contributed by atoms with van der Waals surface area (Å²) in [6, 6.07) is 22.8. The van der Waals surface area contributed by atoms with Crippen molar-refractivity contribution < 1.29 is 13.6 Å². The second-order valence-corrected chi connectivity index (χ2v) is 6.91. The van der Waals surface area contributed by atoms with Gasteiger partial charge in [0.05, 0.1) is 16.9 Å². The van der Waals surface area contributed by atoms with Gasteiger partial charge in [-0.25, -0.2) is 13.5 Å². The van der Waals surface area contributed by atoms with Gasteiger partial charge in [-0.3, -0.25) is 4.79 Å². The maximum absolute atomic E-state index is 14.1. The summed E-state index contributed by atoms with van der Waals surface area (Å²) in [5, 5.41) is 4.71. The first-order chi connectivity index (χ1) is 14.5. The Morgan fingerprint density at radius 3 is 2.30 bits per heavy atom. The smallest absolute Gasteiger partial charge is 0.256 e. The minimum absolute atomic E-state index is 0.186. The van der Waals surface area contributed by atoms with Gasteiger partial charge in [-0.05, 0) is 24.3 Å². The Hall–Kier alpha value is -3.80. The van der Waals surface area contributed by atoms with Gasteiger partial charge in [0.2, 0.25) is 0 Å². The highest BCUT2D eigenvalue weighted by Gasteiger charge is 2.21. The van der Waals surface area contributed by atoms with E-state index >= 15 is 0 Å². The molecule has 0 aliphatic rings. The van der Waals surface area contributed by atoms with Gasteiger partial charge < -0.3 is 4.90 Å². The second-order valence-electron chi connectivity index (χ2n) is 6.91. The topological polar surface area (TPSA) is 38.1 Å². The van der Waals surface area contributed by atoms with Crippen LogP contribution in [0.2, 0.25) is 0 Å². The summed E-state index contributed by atoms with van der Waals surface area (Å²) in [6.07, 6.45) is 1.85. The normalized spacial score (nSPS) is 10.8. The van der Waals surface area contributed by atoms with Crippen LogP contribution in [0.4, 0.5) is 8.78 Å². The van der Waals surface area contributed by atoms with Crippen LogP contribution in [-0.2, 0) is 6.54 Å². The Morgan fingerprint density at radius 1 is 0.933 bits per heavy atom. The van der Waals surface area contributed by atoms with Crippen molar-refractivity contribution >= 4 is 5.91 Å². The van der Waals surface area contributed by atoms with Crippen LogP contribution in [0.5, 0.6) is 0 Å². The van der Waals surface area contributed by atoms with Gasteiger partial charge >= 0.3 is 0 Å². The lowest BCUT2D eigenvalue weighted by atomic mass is 10.1. The number of para-hydroxylation sites is 1. The minimum atomic E-state index is -1.14. The zero-order chi connectivity index (χ0) is 21.1. The molecule has 0 unspecified atom stereocenters. The number of carbonyl (C=O) groups excluding carboxylic acids is 1. The number of aromatic nitrogens is 2. The van der Waals surface area contributed by atoms with E-state index < -0.39 is 17.5 Å². The number of rotatable bonds is 5. The lowest BCUT2D eigenvalue weighted by molar-refractivity contribution is 0.0779. The monoisotopic (exact) mass is 403 g/mol. The third-order valence-corrected chi connectivity index (χ3v) is 4.79. The number of amides is 1. The minimum Gasteiger partial charge on any atom is -0.337 e. The van der Waals surface area contributed by atoms with E-state index in [1.165, 1.54) is 17.0 Å². The summed E-state index contributed by atoms with van der Waals surface area (Å²) in [5.41, 5.74) is 3.00. The number of halogens is 2. The molecule has 0 spiro atoms. The molecule has 0 bridgehead atoms. The third kappa shape index (κ3) is 3.85. The zero-order valence-electron chi connectivity index (χ0n) is 16.3. The molecule has 4 aromatic rings. The predicted molar refractivity (Wildman–Crippen MR) is 111 cm³/mol. The van der Waals surface area contributed by atoms with Crippen LogP contribution in [0.1, 0.15) is 15.9 Å². The van der Waals surface area contributed by atoms with Crippen LogP contribution in [0, 0.1) is 11.6 Å². The number of nitrogens with zero attached hydrogens (tertiary/aromatic N) is 3. The molecule has 0 saturated carbocycles. The Bertz CT molecular complexity index is 1170. The third-order valence-electron chi connectivity index (χ3n) is 4.79. The number of benzene rings is 3. The highest BCUT2D eigenvalue weighted by molar-refractivity contribution is 5.94. The average Bonchev–Trinajstić information content (AvgIpc) is 3.20. The first kappa shape index (κ1) is 19.5. The maximum Gasteiger partial charge on any atom is 0.256 e. The molecule has 4 nitrogen and oxygen atoms in total. The lowest BCUT2D eigenvalue weighted by Gasteiger charge is -2.17. The summed E-state index contributed by atoms with van der Waals surface area (Å²) >= 11 is 0. The molecular formula is C24H19F2N3O. The Labute approximate surface area is 173 Å². The quantitative estimate of drug-likeness (QED) is 0.466. The van der Waals surface area contributed by atoms with E-state index in [1.54, 1.807) is 11.7 Å². The molecule has 1 amide bonds. The number of hydrogen-bond acceptors (Lipinski definition) is 2. The van der Waals surface area contributed by atoms with E-state index in [9.17, 15) is 13.6 Å². The van der Waals surface area contributed by atoms with Crippen molar-refractivity contribution in [1.82, 2.24) is 14.7 Å². The average molecular weight is 403 g/mol. The van der Waals surface area contributed by atoms with Crippen LogP contribution in [0.15, 0.2) is 85.1 Å². The first-order valence-corrected chi connectivity index (χ1v) is 9.43. The molecule has 150 valence electrons. The molecule has 0 radical (unpaired) electrons. The Morgan fingerprint density at radius 2 is 1.60 bits per heavy atom. The molecule has 0 atom stereocenters. The molecule has 0 N–H and O–H groups in total. The van der Waals surface area contributed by atoms with Crippen molar-refractivity contribution in [3.05, 3.63) is 108 Å². The molecular weight excluding hydrogens is 384 g/mol. The SMILES string of the molecule is CN(Cc1cn(-c2ccccc2)nc1-c1ccccc1)C(=O)c1cccc(F)c1F. The van der Waals surface area contributed by atoms with Crippen LogP contribution in [0.25, 0.3) is 16.9 Å². The largest absolute Gasteiger partial charge is 0.337 e. The Balaban J connectivity index is 1.70. The highest BCUT2D eigenvalue weighted by Crippen LogP contribution is 2.25. The fourth-order valence-corrected chi connectivity index (χ4v) is 3.28. The van der Waals surface area contributed by atoms with E-state index in [-0.39, 0.29) is 12.1 Å². The summed E-state index contributed by atoms with van der Waals surface area (Å²) < 4.78 is 29.4. The van der Waals surface area contributed by atoms with Crippen molar-refractivity contribution in [2.24, 2.45) is 0 Å². The fourth-order valence-electron chi connectivity index (χ4n) is 3.28. The molecule has 1 heterocycles. The number of hydrogen-bond donors (Lipinski definition) is 0. The molecule has 0 fully saturated rings. The van der Waals surface area contributed by atoms with Crippen molar-refractivity contribution in [2.75, 3.05) is 7.05 Å². The van der Waals surface area contributed by atoms with E-state index in [4.69, 9.17) is 5.10 Å². The van der Waals surface area contributed by atoms with Crippen molar-refractivity contribution in [2.45, 2.75) is 6.54 Å². The molecule has 0 saturated heterocycles. The zero-order valence-corrected chi connectivity index (χ0v) is 16.3. The van der Waals surface area contributed by atoms with Crippen LogP contribution < -0.4 is 0 Å². The first-order valence-electron chi connectivity index (χ1n) is 9.43. The van der Waals surface area contributed by atoms with Crippen molar-refractivity contribution in [3.8, 4) is 16.9 Å². The van der Waals surface area contributed by atoms with Crippen LogP contribution >= 0.6 is 0 Å². The van der Waals surface area contributed by atoms with Crippen molar-refractivity contribution in [3.63, 3.8) is 0 Å². The van der Waals surface area contributed by atoms with Crippen molar-refractivity contribution in [1.29, 1.82) is 0 Å². The van der Waals surface area contributed by atoms with E-state index in [0.29, 0.717) is 0 Å². The van der Waals surface area contributed by atoms with Gasteiger partial charge in [0.15, 0.2) is 11.6 Å². The molecule has 1 aromatic heterocycles. The van der Waals surface area contributed by atoms with Gasteiger partial charge in [0.25, 0.3) is 5.91 Å². The van der Waals surface area contributed by atoms with Crippen LogP contribution in [0.3, 0.4) is 0 Å². The van der Waals surface area contributed by atoms with Crippen LogP contribution in [-0.4, -0.2) is 27.6 Å². The Kier molecular flexibility index (Phi) is 5.39. The molecule has 3 aromatic carbocycles. The van der Waals surface area contributed by atoms with Gasteiger partial charge in [0, 0.05) is 30.9 Å². The summed E-state index contributed by atoms with van der Waals surface area (Å²) in [5.74, 6) is -2.78. The van der Waals surface area contributed by atoms with Gasteiger partial charge in [-0.2, -0.15) is 5.10 Å². The summed E-state index contributed by atoms with van der Waals surface area (Å²) in [6.45, 7) is 0.186. The van der Waals surface area contributed by atoms with E-state index in [1.807, 2.05) is 66.9 Å². The fraction of sp³-hybridized carbons (Fsp3) is 0.0833. The molecule has 0 aliphatic heterocycles. The summed E-state index contributed by atoms with van der Waals surface area (Å²) in [4.78, 5) is 14.1. The predicted octanol–water partition coefficient (Wildman–Crippen LogP) is 5.09. The molecule has 30 heavy (non-hydrogen) atoms. The van der Waals surface area contributed by atoms with E-state index in [2.05, 4.69) is 0 Å². The maximum atomic E-state index is 14.1. The molecule has 0 aliphatic carbocycles. The van der Waals surface area contributed by atoms with Gasteiger partial charge in [-0.1, -0.05) is 54.6 Å². The van der Waals surface area contributed by atoms with E-state index in [0.717, 1.165) is 28.6 Å². The molecule has 4 rings (SSSR count). The lowest BCUT2D eigenvalue weighted by Crippen LogP contribution is -2.27. The van der Waals surface area contributed by atoms with Gasteiger partial charge in [0.1, 0.15) is 0 Å². The highest BCUT2D eigenvalue weighted by atomic mass is 19.2. The second kappa shape index (κ2) is 8.29. The van der Waals surface area contributed by atoms with Gasteiger partial charge in [-0.15, -0.1) is 0 Å². The standard InChI is InChI=1S/C24H19F2N3O/c1-28(24(30)20-13-8-14-21(25)22(20)26)15-18-16-29(19-11-6-3-7-12-19)27-23(18)17-9-4-2-5-10-17/h2-14,16H,15H2,1H3.